The standard InChI is InChI=1S/C12H20O10/c13-1-5-7(15)9(17)11(21-5)3-20-12(4-19-11)10(18)8(16)6(2-14)22-12/h5-10,13-18H,1-4H2/t5-,6-,7?,8?,9+,10+,11?,12?/m1/s1. The topological polar surface area (TPSA) is 158 Å². The van der Waals surface area contributed by atoms with Gasteiger partial charge in [0.05, 0.1) is 13.2 Å². The summed E-state index contributed by atoms with van der Waals surface area (Å²) in [4.78, 5) is 0. The van der Waals surface area contributed by atoms with Crippen molar-refractivity contribution in [3.8, 4) is 0 Å². The van der Waals surface area contributed by atoms with Crippen LogP contribution in [0.15, 0.2) is 0 Å². The largest absolute Gasteiger partial charge is 0.394 e. The summed E-state index contributed by atoms with van der Waals surface area (Å²) in [5, 5.41) is 57.8. The van der Waals surface area contributed by atoms with Gasteiger partial charge in [0.15, 0.2) is 0 Å². The van der Waals surface area contributed by atoms with E-state index in [0.29, 0.717) is 0 Å². The van der Waals surface area contributed by atoms with E-state index in [0.717, 1.165) is 0 Å². The molecule has 2 spiro atoms. The maximum atomic E-state index is 10.0. The SMILES string of the molecule is OC[C@H]1OC2(COC3(CO2)O[C@H](CO)C(O)[C@@H]3O)[C@@H](O)C1O. The van der Waals surface area contributed by atoms with Crippen molar-refractivity contribution in [3.05, 3.63) is 0 Å². The highest BCUT2D eigenvalue weighted by Crippen LogP contribution is 2.42. The van der Waals surface area contributed by atoms with E-state index in [1.54, 1.807) is 0 Å². The van der Waals surface area contributed by atoms with Crippen molar-refractivity contribution in [3.63, 3.8) is 0 Å². The highest BCUT2D eigenvalue weighted by Gasteiger charge is 2.64. The first-order valence-electron chi connectivity index (χ1n) is 6.96. The first-order valence-corrected chi connectivity index (χ1v) is 6.96. The molecule has 0 aromatic rings. The Morgan fingerprint density at radius 3 is 1.32 bits per heavy atom. The minimum absolute atomic E-state index is 0.399. The summed E-state index contributed by atoms with van der Waals surface area (Å²) in [6.45, 7) is -1.83. The fraction of sp³-hybridized carbons (Fsp3) is 1.00. The average molecular weight is 324 g/mol. The zero-order valence-corrected chi connectivity index (χ0v) is 11.6. The summed E-state index contributed by atoms with van der Waals surface area (Å²) >= 11 is 0. The van der Waals surface area contributed by atoms with Crippen molar-refractivity contribution in [1.29, 1.82) is 0 Å². The second-order valence-electron chi connectivity index (χ2n) is 5.75. The Morgan fingerprint density at radius 2 is 1.09 bits per heavy atom. The lowest BCUT2D eigenvalue weighted by Gasteiger charge is -2.44. The van der Waals surface area contributed by atoms with E-state index < -0.39 is 74.6 Å². The molecule has 0 amide bonds. The maximum absolute atomic E-state index is 10.0. The van der Waals surface area contributed by atoms with Crippen molar-refractivity contribution in [2.24, 2.45) is 0 Å². The van der Waals surface area contributed by atoms with Gasteiger partial charge in [0.2, 0.25) is 11.6 Å². The number of hydrogen-bond acceptors (Lipinski definition) is 10. The van der Waals surface area contributed by atoms with Gasteiger partial charge in [-0.3, -0.25) is 0 Å². The van der Waals surface area contributed by atoms with Crippen molar-refractivity contribution >= 4 is 0 Å². The fourth-order valence-corrected chi connectivity index (χ4v) is 3.02. The molecule has 3 saturated heterocycles. The number of hydrogen-bond donors (Lipinski definition) is 6. The van der Waals surface area contributed by atoms with E-state index in [9.17, 15) is 20.4 Å². The van der Waals surface area contributed by atoms with Crippen LogP contribution in [0.1, 0.15) is 0 Å². The van der Waals surface area contributed by atoms with Gasteiger partial charge in [-0.05, 0) is 0 Å². The van der Waals surface area contributed by atoms with E-state index in [-0.39, 0.29) is 0 Å². The molecule has 3 aliphatic heterocycles. The molecule has 3 rings (SSSR count). The van der Waals surface area contributed by atoms with Gasteiger partial charge in [-0.2, -0.15) is 0 Å². The van der Waals surface area contributed by atoms with Crippen molar-refractivity contribution in [2.45, 2.75) is 48.2 Å². The van der Waals surface area contributed by atoms with Crippen LogP contribution in [0.5, 0.6) is 0 Å². The van der Waals surface area contributed by atoms with Crippen LogP contribution in [0.4, 0.5) is 0 Å². The summed E-state index contributed by atoms with van der Waals surface area (Å²) < 4.78 is 21.6. The first kappa shape index (κ1) is 16.5. The lowest BCUT2D eigenvalue weighted by atomic mass is 10.0. The molecule has 22 heavy (non-hydrogen) atoms. The molecule has 3 fully saturated rings. The quantitative estimate of drug-likeness (QED) is 0.293. The molecule has 10 heteroatoms. The first-order chi connectivity index (χ1) is 10.4. The highest BCUT2D eigenvalue weighted by atomic mass is 16.8. The third kappa shape index (κ3) is 2.19. The zero-order chi connectivity index (χ0) is 16.1. The maximum Gasteiger partial charge on any atom is 0.222 e. The van der Waals surface area contributed by atoms with Gasteiger partial charge in [-0.1, -0.05) is 0 Å². The Morgan fingerprint density at radius 1 is 0.727 bits per heavy atom. The highest BCUT2D eigenvalue weighted by molar-refractivity contribution is 5.03. The van der Waals surface area contributed by atoms with Crippen LogP contribution in [-0.4, -0.2) is 105 Å². The molecular weight excluding hydrogens is 304 g/mol. The van der Waals surface area contributed by atoms with Crippen LogP contribution >= 0.6 is 0 Å². The summed E-state index contributed by atoms with van der Waals surface area (Å²) in [5.74, 6) is -3.38. The van der Waals surface area contributed by atoms with Crippen LogP contribution < -0.4 is 0 Å². The van der Waals surface area contributed by atoms with E-state index in [2.05, 4.69) is 0 Å². The molecule has 0 aliphatic carbocycles. The van der Waals surface area contributed by atoms with Crippen molar-refractivity contribution in [2.75, 3.05) is 26.4 Å². The summed E-state index contributed by atoms with van der Waals surface area (Å²) in [7, 11) is 0. The molecule has 10 nitrogen and oxygen atoms in total. The molecule has 8 atom stereocenters. The van der Waals surface area contributed by atoms with Gasteiger partial charge in [-0.25, -0.2) is 0 Å². The molecule has 3 heterocycles. The molecule has 0 bridgehead atoms. The van der Waals surface area contributed by atoms with E-state index in [1.807, 2.05) is 0 Å². The number of aliphatic hydroxyl groups excluding tert-OH is 6. The smallest absolute Gasteiger partial charge is 0.222 e. The van der Waals surface area contributed by atoms with Gasteiger partial charge < -0.3 is 49.6 Å². The molecule has 3 aliphatic rings. The molecular formula is C12H20O10. The summed E-state index contributed by atoms with van der Waals surface area (Å²) in [5.41, 5.74) is 0. The van der Waals surface area contributed by atoms with E-state index in [4.69, 9.17) is 29.2 Å². The van der Waals surface area contributed by atoms with Crippen LogP contribution in [0, 0.1) is 0 Å². The molecule has 0 aromatic carbocycles. The van der Waals surface area contributed by atoms with Gasteiger partial charge in [0.1, 0.15) is 49.8 Å². The molecule has 4 unspecified atom stereocenters. The normalized spacial score (nSPS) is 55.4. The second-order valence-corrected chi connectivity index (χ2v) is 5.75. The van der Waals surface area contributed by atoms with E-state index >= 15 is 0 Å². The monoisotopic (exact) mass is 324 g/mol. The van der Waals surface area contributed by atoms with E-state index in [1.165, 1.54) is 0 Å². The Labute approximate surface area is 125 Å². The summed E-state index contributed by atoms with van der Waals surface area (Å²) in [6.07, 6.45) is -7.69. The number of rotatable bonds is 2. The Balaban J connectivity index is 1.73. The van der Waals surface area contributed by atoms with Crippen molar-refractivity contribution < 1.29 is 49.6 Å². The predicted molar refractivity (Wildman–Crippen MR) is 65.3 cm³/mol. The average Bonchev–Trinajstić information content (AvgIpc) is 2.91. The van der Waals surface area contributed by atoms with Crippen LogP contribution in [0.2, 0.25) is 0 Å². The molecule has 6 N–H and O–H groups in total. The summed E-state index contributed by atoms with van der Waals surface area (Å²) in [6, 6.07) is 0. The minimum atomic E-state index is -1.69. The van der Waals surface area contributed by atoms with Crippen LogP contribution in [0.3, 0.4) is 0 Å². The van der Waals surface area contributed by atoms with Gasteiger partial charge in [-0.15, -0.1) is 0 Å². The molecule has 0 saturated carbocycles. The van der Waals surface area contributed by atoms with Gasteiger partial charge in [0, 0.05) is 0 Å². The van der Waals surface area contributed by atoms with Crippen LogP contribution in [0.25, 0.3) is 0 Å². The Kier molecular flexibility index (Phi) is 4.19. The molecule has 128 valence electrons. The Hall–Kier alpha value is -0.400. The number of aliphatic hydroxyl groups is 6. The van der Waals surface area contributed by atoms with Crippen LogP contribution in [-0.2, 0) is 18.9 Å². The zero-order valence-electron chi connectivity index (χ0n) is 11.6. The third-order valence-electron chi connectivity index (χ3n) is 4.41. The number of ether oxygens (including phenoxy) is 4. The van der Waals surface area contributed by atoms with Crippen molar-refractivity contribution in [1.82, 2.24) is 0 Å². The fourth-order valence-electron chi connectivity index (χ4n) is 3.02. The molecule has 0 radical (unpaired) electrons. The van der Waals surface area contributed by atoms with Gasteiger partial charge in [0.25, 0.3) is 0 Å². The molecule has 0 aromatic heterocycles. The lowest BCUT2D eigenvalue weighted by Crippen LogP contribution is -2.62. The predicted octanol–water partition coefficient (Wildman–Crippen LogP) is -4.35. The Bertz CT molecular complexity index is 371. The van der Waals surface area contributed by atoms with Gasteiger partial charge >= 0.3 is 0 Å². The minimum Gasteiger partial charge on any atom is -0.394 e. The second kappa shape index (κ2) is 5.60. The third-order valence-corrected chi connectivity index (χ3v) is 4.41. The lowest BCUT2D eigenvalue weighted by molar-refractivity contribution is -0.401.